The van der Waals surface area contributed by atoms with Crippen molar-refractivity contribution in [3.05, 3.63) is 34.4 Å². The molecule has 0 aliphatic carbocycles. The van der Waals surface area contributed by atoms with Gasteiger partial charge in [-0.1, -0.05) is 12.1 Å². The molecule has 0 aromatic heterocycles. The van der Waals surface area contributed by atoms with E-state index in [4.69, 9.17) is 0 Å². The lowest BCUT2D eigenvalue weighted by molar-refractivity contribution is 0.556. The van der Waals surface area contributed by atoms with Crippen LogP contribution in [0.25, 0.3) is 0 Å². The largest absolute Gasteiger partial charge is 0.235 e. The molecule has 0 aliphatic heterocycles. The molecule has 0 N–H and O–H groups in total. The van der Waals surface area contributed by atoms with Crippen molar-refractivity contribution < 1.29 is 9.59 Å². The predicted octanol–water partition coefficient (Wildman–Crippen LogP) is 3.10. The molecular formula is C14H16N2O2. The summed E-state index contributed by atoms with van der Waals surface area (Å²) in [6.07, 6.45) is 3.14. The van der Waals surface area contributed by atoms with Gasteiger partial charge in [0.2, 0.25) is 12.2 Å². The van der Waals surface area contributed by atoms with Crippen LogP contribution in [-0.4, -0.2) is 12.2 Å². The standard InChI is InChI=1S/C14H16N2O2/c1-9-5-6-13(11(3)15-7-17)14(10(9)2)12(4)16-8-18/h5-6,11-12H,1-4H3. The van der Waals surface area contributed by atoms with Gasteiger partial charge in [0.15, 0.2) is 0 Å². The topological polar surface area (TPSA) is 58.9 Å². The van der Waals surface area contributed by atoms with Crippen molar-refractivity contribution in [2.75, 3.05) is 0 Å². The first kappa shape index (κ1) is 14.0. The monoisotopic (exact) mass is 244 g/mol. The van der Waals surface area contributed by atoms with E-state index in [9.17, 15) is 9.59 Å². The molecule has 2 unspecified atom stereocenters. The Labute approximate surface area is 106 Å². The number of isocyanates is 2. The highest BCUT2D eigenvalue weighted by Gasteiger charge is 2.18. The summed E-state index contributed by atoms with van der Waals surface area (Å²) in [6.45, 7) is 7.61. The summed E-state index contributed by atoms with van der Waals surface area (Å²) in [5.74, 6) is 0. The van der Waals surface area contributed by atoms with Gasteiger partial charge in [-0.05, 0) is 49.9 Å². The molecule has 1 aromatic rings. The van der Waals surface area contributed by atoms with Crippen LogP contribution in [0.4, 0.5) is 0 Å². The smallest absolute Gasteiger partial charge is 0.211 e. The number of hydrogen-bond donors (Lipinski definition) is 0. The van der Waals surface area contributed by atoms with Gasteiger partial charge in [-0.25, -0.2) is 9.59 Å². The average Bonchev–Trinajstić information content (AvgIpc) is 2.32. The van der Waals surface area contributed by atoms with Crippen LogP contribution in [0.15, 0.2) is 22.1 Å². The average molecular weight is 244 g/mol. The fourth-order valence-electron chi connectivity index (χ4n) is 2.07. The Balaban J connectivity index is 3.47. The highest BCUT2D eigenvalue weighted by Crippen LogP contribution is 2.32. The quantitative estimate of drug-likeness (QED) is 0.603. The van der Waals surface area contributed by atoms with Gasteiger partial charge in [-0.15, -0.1) is 0 Å². The second kappa shape index (κ2) is 6.06. The predicted molar refractivity (Wildman–Crippen MR) is 69.0 cm³/mol. The van der Waals surface area contributed by atoms with Crippen LogP contribution >= 0.6 is 0 Å². The van der Waals surface area contributed by atoms with Crippen LogP contribution in [0.2, 0.25) is 0 Å². The van der Waals surface area contributed by atoms with Crippen LogP contribution in [0, 0.1) is 13.8 Å². The number of nitrogens with zero attached hydrogens (tertiary/aromatic N) is 2. The van der Waals surface area contributed by atoms with Crippen molar-refractivity contribution in [3.63, 3.8) is 0 Å². The Morgan fingerprint density at radius 1 is 1.00 bits per heavy atom. The summed E-state index contributed by atoms with van der Waals surface area (Å²) in [6, 6.07) is 3.31. The number of rotatable bonds is 4. The maximum atomic E-state index is 10.4. The lowest BCUT2D eigenvalue weighted by atomic mass is 9.90. The Morgan fingerprint density at radius 3 is 2.11 bits per heavy atom. The first-order valence-electron chi connectivity index (χ1n) is 5.76. The molecule has 2 atom stereocenters. The van der Waals surface area contributed by atoms with Crippen molar-refractivity contribution in [2.24, 2.45) is 9.98 Å². The molecule has 0 radical (unpaired) electrons. The van der Waals surface area contributed by atoms with Crippen molar-refractivity contribution in [3.8, 4) is 0 Å². The molecule has 0 heterocycles. The normalized spacial score (nSPS) is 13.1. The van der Waals surface area contributed by atoms with E-state index in [1.165, 1.54) is 0 Å². The fourth-order valence-corrected chi connectivity index (χ4v) is 2.07. The molecule has 0 spiro atoms. The number of aryl methyl sites for hydroxylation is 1. The van der Waals surface area contributed by atoms with Crippen LogP contribution < -0.4 is 0 Å². The van der Waals surface area contributed by atoms with E-state index in [0.717, 1.165) is 22.3 Å². The molecule has 4 nitrogen and oxygen atoms in total. The lowest BCUT2D eigenvalue weighted by Crippen LogP contribution is -2.04. The van der Waals surface area contributed by atoms with E-state index in [0.29, 0.717) is 0 Å². The molecule has 18 heavy (non-hydrogen) atoms. The Bertz CT molecular complexity index is 539. The lowest BCUT2D eigenvalue weighted by Gasteiger charge is -2.19. The summed E-state index contributed by atoms with van der Waals surface area (Å²) in [7, 11) is 0. The summed E-state index contributed by atoms with van der Waals surface area (Å²) >= 11 is 0. The minimum Gasteiger partial charge on any atom is -0.211 e. The zero-order valence-corrected chi connectivity index (χ0v) is 11.0. The molecule has 0 bridgehead atoms. The zero-order chi connectivity index (χ0) is 13.7. The van der Waals surface area contributed by atoms with E-state index in [-0.39, 0.29) is 12.1 Å². The molecule has 94 valence electrons. The van der Waals surface area contributed by atoms with Crippen LogP contribution in [0.3, 0.4) is 0 Å². The second-order valence-corrected chi connectivity index (χ2v) is 4.30. The highest BCUT2D eigenvalue weighted by molar-refractivity contribution is 5.46. The SMILES string of the molecule is Cc1ccc(C(C)N=C=O)c(C(C)N=C=O)c1C. The summed E-state index contributed by atoms with van der Waals surface area (Å²) in [5.41, 5.74) is 4.01. The third kappa shape index (κ3) is 2.80. The summed E-state index contributed by atoms with van der Waals surface area (Å²) in [4.78, 5) is 28.3. The Morgan fingerprint density at radius 2 is 1.56 bits per heavy atom. The Hall–Kier alpha value is -2.02. The molecule has 1 aromatic carbocycles. The maximum absolute atomic E-state index is 10.4. The first-order chi connectivity index (χ1) is 8.52. The third-order valence-corrected chi connectivity index (χ3v) is 3.18. The molecule has 0 fully saturated rings. The molecule has 0 amide bonds. The van der Waals surface area contributed by atoms with Crippen molar-refractivity contribution in [1.82, 2.24) is 0 Å². The van der Waals surface area contributed by atoms with Crippen molar-refractivity contribution >= 4 is 12.2 Å². The molecule has 0 saturated carbocycles. The first-order valence-corrected chi connectivity index (χ1v) is 5.76. The van der Waals surface area contributed by atoms with E-state index < -0.39 is 0 Å². The van der Waals surface area contributed by atoms with Crippen LogP contribution in [0.1, 0.15) is 48.2 Å². The number of aliphatic imine (C=N–C) groups is 2. The molecule has 4 heteroatoms. The minimum absolute atomic E-state index is 0.290. The van der Waals surface area contributed by atoms with Crippen molar-refractivity contribution in [1.29, 1.82) is 0 Å². The van der Waals surface area contributed by atoms with Gasteiger partial charge in [0.1, 0.15) is 0 Å². The maximum Gasteiger partial charge on any atom is 0.235 e. The second-order valence-electron chi connectivity index (χ2n) is 4.30. The van der Waals surface area contributed by atoms with Gasteiger partial charge in [0.25, 0.3) is 0 Å². The van der Waals surface area contributed by atoms with Gasteiger partial charge in [0, 0.05) is 0 Å². The molecule has 1 rings (SSSR count). The number of hydrogen-bond acceptors (Lipinski definition) is 4. The minimum atomic E-state index is -0.291. The van der Waals surface area contributed by atoms with E-state index in [1.807, 2.05) is 39.8 Å². The highest BCUT2D eigenvalue weighted by atomic mass is 16.1. The van der Waals surface area contributed by atoms with Gasteiger partial charge in [0.05, 0.1) is 12.1 Å². The summed E-state index contributed by atoms with van der Waals surface area (Å²) < 4.78 is 0. The zero-order valence-electron chi connectivity index (χ0n) is 11.0. The summed E-state index contributed by atoms with van der Waals surface area (Å²) in [5, 5.41) is 0. The molecular weight excluding hydrogens is 228 g/mol. The van der Waals surface area contributed by atoms with Gasteiger partial charge < -0.3 is 0 Å². The molecule has 0 aliphatic rings. The van der Waals surface area contributed by atoms with Crippen LogP contribution in [0.5, 0.6) is 0 Å². The van der Waals surface area contributed by atoms with E-state index >= 15 is 0 Å². The van der Waals surface area contributed by atoms with Crippen LogP contribution in [-0.2, 0) is 9.59 Å². The fraction of sp³-hybridized carbons (Fsp3) is 0.429. The number of benzene rings is 1. The number of carbonyl (C=O) groups excluding carboxylic acids is 2. The van der Waals surface area contributed by atoms with Gasteiger partial charge >= 0.3 is 0 Å². The van der Waals surface area contributed by atoms with Crippen molar-refractivity contribution in [2.45, 2.75) is 39.8 Å². The Kier molecular flexibility index (Phi) is 4.73. The van der Waals surface area contributed by atoms with Gasteiger partial charge in [-0.2, -0.15) is 9.98 Å². The third-order valence-electron chi connectivity index (χ3n) is 3.18. The van der Waals surface area contributed by atoms with E-state index in [2.05, 4.69) is 9.98 Å². The van der Waals surface area contributed by atoms with E-state index in [1.54, 1.807) is 12.2 Å². The van der Waals surface area contributed by atoms with Gasteiger partial charge in [-0.3, -0.25) is 0 Å². The molecule has 0 saturated heterocycles.